The normalized spacial score (nSPS) is 11.5. The first-order valence-electron chi connectivity index (χ1n) is 6.20. The van der Waals surface area contributed by atoms with E-state index < -0.39 is 10.0 Å². The summed E-state index contributed by atoms with van der Waals surface area (Å²) in [5.74, 6) is -0.000998. The average Bonchev–Trinajstić information content (AvgIpc) is 2.77. The molecule has 1 heterocycles. The fourth-order valence-corrected chi connectivity index (χ4v) is 3.38. The highest BCUT2D eigenvalue weighted by atomic mass is 32.2. The van der Waals surface area contributed by atoms with Gasteiger partial charge >= 0.3 is 0 Å². The lowest BCUT2D eigenvalue weighted by Crippen LogP contribution is -2.28. The summed E-state index contributed by atoms with van der Waals surface area (Å²) in [6.45, 7) is 2.85. The molecule has 0 bridgehead atoms. The summed E-state index contributed by atoms with van der Waals surface area (Å²) in [6.07, 6.45) is 3.44. The maximum Gasteiger partial charge on any atom is 0.247 e. The lowest BCUT2D eigenvalue weighted by molar-refractivity contribution is -0.129. The van der Waals surface area contributed by atoms with Crippen molar-refractivity contribution in [3.05, 3.63) is 17.0 Å². The average molecular weight is 304 g/mol. The monoisotopic (exact) mass is 304 g/mol. The molecular formula is C12H20N2O3S2. The fraction of sp³-hybridized carbons (Fsp3) is 0.583. The second-order valence-electron chi connectivity index (χ2n) is 4.46. The topological polar surface area (TPSA) is 80.5 Å². The van der Waals surface area contributed by atoms with Crippen LogP contribution in [0.4, 0.5) is 0 Å². The molecule has 5 nitrogen and oxygen atoms in total. The number of primary sulfonamides is 1. The molecule has 0 saturated carbocycles. The minimum Gasteiger partial charge on any atom is -0.345 e. The van der Waals surface area contributed by atoms with Crippen LogP contribution in [0.5, 0.6) is 0 Å². The standard InChI is InChI=1S/C12H20N2O3S2/c1-3-4-5-8-14(2)11(15)9-10-6-7-12(18-10)19(13,16)17/h6-7H,3-5,8-9H2,1-2H3,(H2,13,16,17). The molecule has 1 rings (SSSR count). The van der Waals surface area contributed by atoms with Gasteiger partial charge in [-0.25, -0.2) is 13.6 Å². The highest BCUT2D eigenvalue weighted by Crippen LogP contribution is 2.21. The third-order valence-corrected chi connectivity index (χ3v) is 5.29. The summed E-state index contributed by atoms with van der Waals surface area (Å²) >= 11 is 1.05. The highest BCUT2D eigenvalue weighted by Gasteiger charge is 2.15. The largest absolute Gasteiger partial charge is 0.345 e. The molecule has 0 spiro atoms. The number of likely N-dealkylation sites (N-methyl/N-ethyl adjacent to an activating group) is 1. The maximum absolute atomic E-state index is 11.9. The van der Waals surface area contributed by atoms with Crippen molar-refractivity contribution < 1.29 is 13.2 Å². The van der Waals surface area contributed by atoms with Gasteiger partial charge < -0.3 is 4.90 Å². The predicted molar refractivity (Wildman–Crippen MR) is 76.6 cm³/mol. The molecule has 0 atom stereocenters. The number of thiophene rings is 1. The number of unbranched alkanes of at least 4 members (excludes halogenated alkanes) is 2. The molecule has 108 valence electrons. The predicted octanol–water partition coefficient (Wildman–Crippen LogP) is 1.59. The Kier molecular flexibility index (Phi) is 5.96. The van der Waals surface area contributed by atoms with Gasteiger partial charge in [-0.1, -0.05) is 19.8 Å². The quantitative estimate of drug-likeness (QED) is 0.777. The lowest BCUT2D eigenvalue weighted by atomic mass is 10.2. The summed E-state index contributed by atoms with van der Waals surface area (Å²) < 4.78 is 22.4. The van der Waals surface area contributed by atoms with Crippen LogP contribution in [0.25, 0.3) is 0 Å². The molecule has 1 amide bonds. The Morgan fingerprint density at radius 2 is 2.05 bits per heavy atom. The second kappa shape index (κ2) is 7.02. The van der Waals surface area contributed by atoms with Crippen LogP contribution >= 0.6 is 11.3 Å². The van der Waals surface area contributed by atoms with Gasteiger partial charge in [-0.05, 0) is 18.6 Å². The van der Waals surface area contributed by atoms with Gasteiger partial charge in [0.15, 0.2) is 0 Å². The molecule has 0 aliphatic carbocycles. The molecule has 0 fully saturated rings. The van der Waals surface area contributed by atoms with Crippen LogP contribution in [-0.2, 0) is 21.2 Å². The number of amides is 1. The van der Waals surface area contributed by atoms with E-state index in [1.165, 1.54) is 6.07 Å². The number of rotatable bonds is 7. The van der Waals surface area contributed by atoms with Gasteiger partial charge in [0, 0.05) is 18.5 Å². The number of carbonyl (C=O) groups excluding carboxylic acids is 1. The fourth-order valence-electron chi connectivity index (χ4n) is 1.61. The zero-order valence-electron chi connectivity index (χ0n) is 11.3. The Hall–Kier alpha value is -0.920. The number of nitrogens with two attached hydrogens (primary N) is 1. The van der Waals surface area contributed by atoms with Crippen molar-refractivity contribution in [2.45, 2.75) is 36.8 Å². The second-order valence-corrected chi connectivity index (χ2v) is 7.42. The van der Waals surface area contributed by atoms with Crippen molar-refractivity contribution in [2.24, 2.45) is 5.14 Å². The van der Waals surface area contributed by atoms with Gasteiger partial charge in [-0.3, -0.25) is 4.79 Å². The summed E-state index contributed by atoms with van der Waals surface area (Å²) in [4.78, 5) is 14.3. The van der Waals surface area contributed by atoms with Crippen molar-refractivity contribution in [1.82, 2.24) is 4.90 Å². The van der Waals surface area contributed by atoms with E-state index in [4.69, 9.17) is 5.14 Å². The number of hydrogen-bond acceptors (Lipinski definition) is 4. The van der Waals surface area contributed by atoms with Crippen molar-refractivity contribution in [3.63, 3.8) is 0 Å². The van der Waals surface area contributed by atoms with Gasteiger partial charge in [0.05, 0.1) is 6.42 Å². The Bertz CT molecular complexity index is 523. The van der Waals surface area contributed by atoms with E-state index in [0.29, 0.717) is 0 Å². The molecule has 0 aromatic carbocycles. The van der Waals surface area contributed by atoms with Gasteiger partial charge in [0.1, 0.15) is 4.21 Å². The highest BCUT2D eigenvalue weighted by molar-refractivity contribution is 7.91. The molecular weight excluding hydrogens is 284 g/mol. The third-order valence-electron chi connectivity index (χ3n) is 2.77. The molecule has 19 heavy (non-hydrogen) atoms. The van der Waals surface area contributed by atoms with Crippen molar-refractivity contribution in [1.29, 1.82) is 0 Å². The van der Waals surface area contributed by atoms with Crippen molar-refractivity contribution >= 4 is 27.3 Å². The van der Waals surface area contributed by atoms with Crippen molar-refractivity contribution in [2.75, 3.05) is 13.6 Å². The van der Waals surface area contributed by atoms with Gasteiger partial charge in [-0.2, -0.15) is 0 Å². The number of hydrogen-bond donors (Lipinski definition) is 1. The van der Waals surface area contributed by atoms with Crippen LogP contribution in [0, 0.1) is 0 Å². The van der Waals surface area contributed by atoms with Crippen LogP contribution in [-0.4, -0.2) is 32.8 Å². The Labute approximate surface area is 118 Å². The summed E-state index contributed by atoms with van der Waals surface area (Å²) in [6, 6.07) is 3.09. The molecule has 0 aliphatic heterocycles. The molecule has 1 aromatic rings. The van der Waals surface area contributed by atoms with E-state index in [1.807, 2.05) is 0 Å². The molecule has 0 radical (unpaired) electrons. The van der Waals surface area contributed by atoms with E-state index in [0.717, 1.165) is 42.0 Å². The summed E-state index contributed by atoms with van der Waals surface area (Å²) in [5.41, 5.74) is 0. The number of carbonyl (C=O) groups is 1. The first kappa shape index (κ1) is 16.1. The zero-order chi connectivity index (χ0) is 14.5. The van der Waals surface area contributed by atoms with E-state index >= 15 is 0 Å². The van der Waals surface area contributed by atoms with Crippen LogP contribution in [0.2, 0.25) is 0 Å². The van der Waals surface area contributed by atoms with E-state index in [1.54, 1.807) is 18.0 Å². The summed E-state index contributed by atoms with van der Waals surface area (Å²) in [5, 5.41) is 5.03. The third kappa shape index (κ3) is 5.30. The minimum absolute atomic E-state index is 0.000998. The van der Waals surface area contributed by atoms with E-state index in [-0.39, 0.29) is 16.5 Å². The molecule has 0 saturated heterocycles. The molecule has 0 unspecified atom stereocenters. The molecule has 7 heteroatoms. The van der Waals surface area contributed by atoms with Crippen LogP contribution < -0.4 is 5.14 Å². The Morgan fingerprint density at radius 1 is 1.37 bits per heavy atom. The van der Waals surface area contributed by atoms with Gasteiger partial charge in [0.25, 0.3) is 0 Å². The molecule has 1 aromatic heterocycles. The maximum atomic E-state index is 11.9. The molecule has 0 aliphatic rings. The zero-order valence-corrected chi connectivity index (χ0v) is 12.9. The van der Waals surface area contributed by atoms with Crippen LogP contribution in [0.15, 0.2) is 16.3 Å². The van der Waals surface area contributed by atoms with Crippen LogP contribution in [0.3, 0.4) is 0 Å². The first-order chi connectivity index (χ1) is 8.84. The molecule has 2 N–H and O–H groups in total. The minimum atomic E-state index is -3.66. The first-order valence-corrected chi connectivity index (χ1v) is 8.56. The van der Waals surface area contributed by atoms with E-state index in [9.17, 15) is 13.2 Å². The van der Waals surface area contributed by atoms with E-state index in [2.05, 4.69) is 6.92 Å². The summed E-state index contributed by atoms with van der Waals surface area (Å²) in [7, 11) is -1.89. The van der Waals surface area contributed by atoms with Gasteiger partial charge in [-0.15, -0.1) is 11.3 Å². The SMILES string of the molecule is CCCCCN(C)C(=O)Cc1ccc(S(N)(=O)=O)s1. The number of sulfonamides is 1. The lowest BCUT2D eigenvalue weighted by Gasteiger charge is -2.16. The van der Waals surface area contributed by atoms with Crippen molar-refractivity contribution in [3.8, 4) is 0 Å². The Morgan fingerprint density at radius 3 is 2.58 bits per heavy atom. The number of nitrogens with zero attached hydrogens (tertiary/aromatic N) is 1. The van der Waals surface area contributed by atoms with Crippen LogP contribution in [0.1, 0.15) is 31.1 Å². The Balaban J connectivity index is 2.55. The smallest absolute Gasteiger partial charge is 0.247 e. The van der Waals surface area contributed by atoms with Gasteiger partial charge in [0.2, 0.25) is 15.9 Å².